The summed E-state index contributed by atoms with van der Waals surface area (Å²) in [5.41, 5.74) is 4.18. The highest BCUT2D eigenvalue weighted by molar-refractivity contribution is 5.88. The van der Waals surface area contributed by atoms with Crippen LogP contribution in [0.25, 0.3) is 10.9 Å². The molecule has 1 atom stereocenters. The topological polar surface area (TPSA) is 44.9 Å². The van der Waals surface area contributed by atoms with Gasteiger partial charge in [-0.1, -0.05) is 51.1 Å². The minimum Gasteiger partial charge on any atom is -0.361 e. The second kappa shape index (κ2) is 8.38. The molecule has 1 amide bonds. The third kappa shape index (κ3) is 4.38. The Hall–Kier alpha value is -2.62. The fourth-order valence-corrected chi connectivity index (χ4v) is 3.53. The highest BCUT2D eigenvalue weighted by Gasteiger charge is 2.22. The van der Waals surface area contributed by atoms with Gasteiger partial charge in [0.25, 0.3) is 0 Å². The molecular weight excluding hydrogens is 339 g/mol. The molecule has 0 bridgehead atoms. The molecule has 2 N–H and O–H groups in total. The van der Waals surface area contributed by atoms with E-state index in [0.717, 1.165) is 28.5 Å². The fourth-order valence-electron chi connectivity index (χ4n) is 3.53. The highest BCUT2D eigenvalue weighted by atomic mass is 19.1. The van der Waals surface area contributed by atoms with Crippen LogP contribution < -0.4 is 5.32 Å². The predicted molar refractivity (Wildman–Crippen MR) is 108 cm³/mol. The van der Waals surface area contributed by atoms with E-state index in [-0.39, 0.29) is 17.6 Å². The minimum atomic E-state index is -0.283. The van der Waals surface area contributed by atoms with Gasteiger partial charge in [0.1, 0.15) is 5.82 Å². The van der Waals surface area contributed by atoms with E-state index in [2.05, 4.69) is 43.2 Å². The zero-order chi connectivity index (χ0) is 19.4. The SMILES string of the molecule is CCc1cccc2c([C@H](CC(=O)NCC(C)C)c3cccc(F)c3)c[nH]c12. The number of fused-ring (bicyclic) bond motifs is 1. The molecule has 3 nitrogen and oxygen atoms in total. The van der Waals surface area contributed by atoms with E-state index in [1.807, 2.05) is 18.3 Å². The number of aromatic amines is 1. The van der Waals surface area contributed by atoms with Gasteiger partial charge in [-0.25, -0.2) is 4.39 Å². The quantitative estimate of drug-likeness (QED) is 0.596. The molecule has 0 spiro atoms. The molecule has 0 radical (unpaired) electrons. The van der Waals surface area contributed by atoms with Crippen molar-refractivity contribution in [3.63, 3.8) is 0 Å². The standard InChI is InChI=1S/C23H27FN2O/c1-4-16-7-6-10-19-21(14-26-23(16)19)20(12-22(27)25-13-15(2)3)17-8-5-9-18(24)11-17/h5-11,14-15,20,26H,4,12-13H2,1-3H3,(H,25,27)/t20-/m1/s1. The fraction of sp³-hybridized carbons (Fsp3) is 0.348. The summed E-state index contributed by atoms with van der Waals surface area (Å²) in [7, 11) is 0. The van der Waals surface area contributed by atoms with E-state index >= 15 is 0 Å². The van der Waals surface area contributed by atoms with Crippen LogP contribution in [0.4, 0.5) is 4.39 Å². The van der Waals surface area contributed by atoms with Crippen LogP contribution in [0, 0.1) is 11.7 Å². The van der Waals surface area contributed by atoms with Crippen LogP contribution in [0.3, 0.4) is 0 Å². The molecule has 0 fully saturated rings. The van der Waals surface area contributed by atoms with E-state index in [1.165, 1.54) is 17.7 Å². The first-order chi connectivity index (χ1) is 13.0. The minimum absolute atomic E-state index is 0.0149. The molecule has 27 heavy (non-hydrogen) atoms. The van der Waals surface area contributed by atoms with E-state index in [1.54, 1.807) is 6.07 Å². The monoisotopic (exact) mass is 366 g/mol. The molecule has 0 unspecified atom stereocenters. The van der Waals surface area contributed by atoms with Crippen molar-refractivity contribution < 1.29 is 9.18 Å². The Morgan fingerprint density at radius 3 is 2.67 bits per heavy atom. The van der Waals surface area contributed by atoms with Gasteiger partial charge < -0.3 is 10.3 Å². The van der Waals surface area contributed by atoms with Crippen LogP contribution in [0.1, 0.15) is 49.8 Å². The van der Waals surface area contributed by atoms with Gasteiger partial charge in [0.15, 0.2) is 0 Å². The predicted octanol–water partition coefficient (Wildman–Crippen LogP) is 5.16. The van der Waals surface area contributed by atoms with Crippen LogP contribution in [-0.2, 0) is 11.2 Å². The van der Waals surface area contributed by atoms with Crippen LogP contribution >= 0.6 is 0 Å². The van der Waals surface area contributed by atoms with Gasteiger partial charge in [0.2, 0.25) is 5.91 Å². The van der Waals surface area contributed by atoms with Crippen molar-refractivity contribution in [2.24, 2.45) is 5.92 Å². The second-order valence-electron chi connectivity index (χ2n) is 7.45. The van der Waals surface area contributed by atoms with Crippen molar-refractivity contribution >= 4 is 16.8 Å². The molecule has 0 saturated carbocycles. The Labute approximate surface area is 160 Å². The average Bonchev–Trinajstić information content (AvgIpc) is 3.08. The largest absolute Gasteiger partial charge is 0.361 e. The molecule has 3 rings (SSSR count). The summed E-state index contributed by atoms with van der Waals surface area (Å²) in [6.07, 6.45) is 3.19. The summed E-state index contributed by atoms with van der Waals surface area (Å²) in [6, 6.07) is 12.8. The number of para-hydroxylation sites is 1. The molecule has 1 aromatic heterocycles. The van der Waals surface area contributed by atoms with Gasteiger partial charge >= 0.3 is 0 Å². The van der Waals surface area contributed by atoms with E-state index in [4.69, 9.17) is 0 Å². The number of aryl methyl sites for hydroxylation is 1. The van der Waals surface area contributed by atoms with Crippen LogP contribution in [0.15, 0.2) is 48.7 Å². The molecule has 4 heteroatoms. The Balaban J connectivity index is 2.01. The number of hydrogen-bond donors (Lipinski definition) is 2. The highest BCUT2D eigenvalue weighted by Crippen LogP contribution is 2.34. The van der Waals surface area contributed by atoms with E-state index < -0.39 is 0 Å². The number of carbonyl (C=O) groups excluding carboxylic acids is 1. The summed E-state index contributed by atoms with van der Waals surface area (Å²) in [4.78, 5) is 15.9. The van der Waals surface area contributed by atoms with Crippen LogP contribution in [0.5, 0.6) is 0 Å². The number of H-pyrrole nitrogens is 1. The van der Waals surface area contributed by atoms with E-state index in [9.17, 15) is 9.18 Å². The van der Waals surface area contributed by atoms with Crippen molar-refractivity contribution in [1.29, 1.82) is 0 Å². The molecule has 2 aromatic carbocycles. The molecule has 0 aliphatic heterocycles. The summed E-state index contributed by atoms with van der Waals surface area (Å²) in [6.45, 7) is 6.90. The zero-order valence-corrected chi connectivity index (χ0v) is 16.2. The maximum Gasteiger partial charge on any atom is 0.220 e. The van der Waals surface area contributed by atoms with Gasteiger partial charge in [-0.3, -0.25) is 4.79 Å². The lowest BCUT2D eigenvalue weighted by atomic mass is 9.87. The van der Waals surface area contributed by atoms with Gasteiger partial charge in [-0.15, -0.1) is 0 Å². The maximum absolute atomic E-state index is 13.9. The normalized spacial score (nSPS) is 12.5. The number of carbonyl (C=O) groups is 1. The molecule has 0 saturated heterocycles. The first kappa shape index (κ1) is 19.2. The van der Waals surface area contributed by atoms with Crippen molar-refractivity contribution in [2.45, 2.75) is 39.5 Å². The Morgan fingerprint density at radius 2 is 1.96 bits per heavy atom. The maximum atomic E-state index is 13.9. The van der Waals surface area contributed by atoms with Crippen molar-refractivity contribution in [2.75, 3.05) is 6.54 Å². The number of hydrogen-bond acceptors (Lipinski definition) is 1. The Kier molecular flexibility index (Phi) is 5.94. The molecule has 1 heterocycles. The lowest BCUT2D eigenvalue weighted by Gasteiger charge is -2.18. The van der Waals surface area contributed by atoms with Gasteiger partial charge in [0, 0.05) is 36.0 Å². The molecule has 3 aromatic rings. The van der Waals surface area contributed by atoms with Crippen molar-refractivity contribution in [3.8, 4) is 0 Å². The number of halogens is 1. The van der Waals surface area contributed by atoms with Crippen molar-refractivity contribution in [3.05, 3.63) is 71.2 Å². The third-order valence-corrected chi connectivity index (χ3v) is 4.94. The molecule has 0 aliphatic carbocycles. The average molecular weight is 366 g/mol. The first-order valence-corrected chi connectivity index (χ1v) is 9.60. The van der Waals surface area contributed by atoms with Crippen LogP contribution in [0.2, 0.25) is 0 Å². The molecular formula is C23H27FN2O. The summed E-state index contributed by atoms with van der Waals surface area (Å²) in [5, 5.41) is 4.08. The summed E-state index contributed by atoms with van der Waals surface area (Å²) in [5.74, 6) is -0.108. The van der Waals surface area contributed by atoms with Gasteiger partial charge in [0.05, 0.1) is 0 Å². The van der Waals surface area contributed by atoms with Gasteiger partial charge in [-0.05, 0) is 41.2 Å². The number of rotatable bonds is 7. The Bertz CT molecular complexity index is 929. The van der Waals surface area contributed by atoms with Crippen LogP contribution in [-0.4, -0.2) is 17.4 Å². The summed E-state index contributed by atoms with van der Waals surface area (Å²) < 4.78 is 13.9. The number of benzene rings is 2. The summed E-state index contributed by atoms with van der Waals surface area (Å²) >= 11 is 0. The number of amides is 1. The number of aromatic nitrogens is 1. The lowest BCUT2D eigenvalue weighted by molar-refractivity contribution is -0.121. The van der Waals surface area contributed by atoms with Gasteiger partial charge in [-0.2, -0.15) is 0 Å². The third-order valence-electron chi connectivity index (χ3n) is 4.94. The zero-order valence-electron chi connectivity index (χ0n) is 16.2. The Morgan fingerprint density at radius 1 is 1.19 bits per heavy atom. The number of nitrogens with one attached hydrogen (secondary N) is 2. The first-order valence-electron chi connectivity index (χ1n) is 9.60. The lowest BCUT2D eigenvalue weighted by Crippen LogP contribution is -2.28. The van der Waals surface area contributed by atoms with Crippen molar-refractivity contribution in [1.82, 2.24) is 10.3 Å². The smallest absolute Gasteiger partial charge is 0.220 e. The molecule has 0 aliphatic rings. The van der Waals surface area contributed by atoms with E-state index in [0.29, 0.717) is 18.9 Å². The molecule has 142 valence electrons. The second-order valence-corrected chi connectivity index (χ2v) is 7.45.